The summed E-state index contributed by atoms with van der Waals surface area (Å²) in [6, 6.07) is 11.4. The van der Waals surface area contributed by atoms with Crippen LogP contribution in [0, 0.1) is 34.5 Å². The third kappa shape index (κ3) is 0.754. The number of hydrogen-bond acceptors (Lipinski definition) is 0. The summed E-state index contributed by atoms with van der Waals surface area (Å²) in [7, 11) is 0. The van der Waals surface area contributed by atoms with Crippen LogP contribution in [0.15, 0.2) is 42.5 Å². The van der Waals surface area contributed by atoms with Gasteiger partial charge in [-0.05, 0) is 46.5 Å². The number of hydrogen-bond donors (Lipinski definition) is 0. The minimum absolute atomic E-state index is 0.468. The molecule has 0 saturated heterocycles. The number of allylic oxidation sites excluding steroid dienone is 2. The van der Waals surface area contributed by atoms with Crippen molar-refractivity contribution in [3.63, 3.8) is 0 Å². The fourth-order valence-corrected chi connectivity index (χ4v) is 7.27. The normalized spacial score (nSPS) is 54.5. The SMILES string of the molecule is CC1(C)C2(C)C3C4C=CC(C4)C3C12c1ccccc1. The van der Waals surface area contributed by atoms with Crippen molar-refractivity contribution in [2.45, 2.75) is 32.6 Å². The van der Waals surface area contributed by atoms with Gasteiger partial charge in [0, 0.05) is 5.41 Å². The van der Waals surface area contributed by atoms with Gasteiger partial charge in [-0.25, -0.2) is 0 Å². The third-order valence-corrected chi connectivity index (χ3v) is 7.90. The van der Waals surface area contributed by atoms with Gasteiger partial charge >= 0.3 is 0 Å². The van der Waals surface area contributed by atoms with Crippen LogP contribution in [0.3, 0.4) is 0 Å². The Balaban J connectivity index is 1.73. The predicted molar refractivity (Wildman–Crippen MR) is 77.7 cm³/mol. The lowest BCUT2D eigenvalue weighted by Crippen LogP contribution is -2.49. The Hall–Kier alpha value is -1.04. The largest absolute Gasteiger partial charge is 0.0848 e. The van der Waals surface area contributed by atoms with E-state index in [0.717, 1.165) is 23.7 Å². The van der Waals surface area contributed by atoms with E-state index < -0.39 is 0 Å². The van der Waals surface area contributed by atoms with Crippen LogP contribution in [0.5, 0.6) is 0 Å². The average molecular weight is 250 g/mol. The third-order valence-electron chi connectivity index (χ3n) is 7.90. The molecule has 3 saturated carbocycles. The molecule has 0 N–H and O–H groups in total. The van der Waals surface area contributed by atoms with Crippen molar-refractivity contribution in [1.29, 1.82) is 0 Å². The molecule has 0 aromatic heterocycles. The molecule has 98 valence electrons. The van der Waals surface area contributed by atoms with Crippen LogP contribution in [0.25, 0.3) is 0 Å². The Labute approximate surface area is 115 Å². The Bertz CT molecular complexity index is 596. The molecule has 4 aliphatic rings. The van der Waals surface area contributed by atoms with Crippen LogP contribution in [0.1, 0.15) is 32.8 Å². The Morgan fingerprint density at radius 3 is 2.21 bits per heavy atom. The minimum atomic E-state index is 0.468. The van der Waals surface area contributed by atoms with Gasteiger partial charge in [0.1, 0.15) is 0 Å². The van der Waals surface area contributed by atoms with Gasteiger partial charge in [0.05, 0.1) is 0 Å². The van der Waals surface area contributed by atoms with Gasteiger partial charge < -0.3 is 0 Å². The standard InChI is InChI=1S/C19H22/c1-17(2)18(3)15-12-9-10-13(11-12)16(15)19(17,18)14-7-5-4-6-8-14/h4-10,12-13,15-16H,11H2,1-3H3. The summed E-state index contributed by atoms with van der Waals surface area (Å²) < 4.78 is 0. The molecule has 0 spiro atoms. The van der Waals surface area contributed by atoms with Gasteiger partial charge in [0.25, 0.3) is 0 Å². The molecule has 6 atom stereocenters. The molecule has 0 heterocycles. The predicted octanol–water partition coefficient (Wildman–Crippen LogP) is 4.42. The maximum atomic E-state index is 2.58. The Kier molecular flexibility index (Phi) is 1.53. The van der Waals surface area contributed by atoms with Gasteiger partial charge in [-0.15, -0.1) is 0 Å². The molecule has 19 heavy (non-hydrogen) atoms. The first-order valence-corrected chi connectivity index (χ1v) is 7.80. The summed E-state index contributed by atoms with van der Waals surface area (Å²) >= 11 is 0. The van der Waals surface area contributed by atoms with Crippen LogP contribution < -0.4 is 0 Å². The van der Waals surface area contributed by atoms with Crippen molar-refractivity contribution in [3.8, 4) is 0 Å². The van der Waals surface area contributed by atoms with Crippen molar-refractivity contribution in [2.75, 3.05) is 0 Å². The second kappa shape index (κ2) is 2.71. The maximum Gasteiger partial charge on any atom is 0.0109 e. The lowest BCUT2D eigenvalue weighted by molar-refractivity contribution is 0.0335. The fraction of sp³-hybridized carbons (Fsp3) is 0.579. The van der Waals surface area contributed by atoms with E-state index in [1.54, 1.807) is 5.56 Å². The highest BCUT2D eigenvalue weighted by Crippen LogP contribution is 2.97. The second-order valence-electron chi connectivity index (χ2n) is 8.00. The van der Waals surface area contributed by atoms with Crippen molar-refractivity contribution in [2.24, 2.45) is 34.5 Å². The van der Waals surface area contributed by atoms with E-state index in [-0.39, 0.29) is 0 Å². The summed E-state index contributed by atoms with van der Waals surface area (Å²) in [5.74, 6) is 3.63. The molecule has 5 rings (SSSR count). The summed E-state index contributed by atoms with van der Waals surface area (Å²) in [5.41, 5.74) is 3.09. The van der Waals surface area contributed by atoms with Crippen molar-refractivity contribution >= 4 is 0 Å². The second-order valence-corrected chi connectivity index (χ2v) is 8.00. The van der Waals surface area contributed by atoms with Gasteiger partial charge in [0.15, 0.2) is 0 Å². The highest BCUT2D eigenvalue weighted by molar-refractivity contribution is 5.56. The zero-order valence-corrected chi connectivity index (χ0v) is 12.1. The molecular weight excluding hydrogens is 228 g/mol. The molecule has 6 unspecified atom stereocenters. The van der Waals surface area contributed by atoms with Crippen molar-refractivity contribution in [1.82, 2.24) is 0 Å². The highest BCUT2D eigenvalue weighted by Gasteiger charge is 2.95. The zero-order chi connectivity index (χ0) is 13.0. The molecule has 4 aliphatic carbocycles. The molecule has 1 aromatic carbocycles. The van der Waals surface area contributed by atoms with Crippen LogP contribution >= 0.6 is 0 Å². The van der Waals surface area contributed by atoms with E-state index >= 15 is 0 Å². The quantitative estimate of drug-likeness (QED) is 0.647. The molecule has 0 radical (unpaired) electrons. The van der Waals surface area contributed by atoms with Crippen LogP contribution in [-0.4, -0.2) is 0 Å². The fourth-order valence-electron chi connectivity index (χ4n) is 7.27. The van der Waals surface area contributed by atoms with Crippen molar-refractivity contribution < 1.29 is 0 Å². The van der Waals surface area contributed by atoms with Gasteiger partial charge in [-0.3, -0.25) is 0 Å². The van der Waals surface area contributed by atoms with Crippen LogP contribution in [0.2, 0.25) is 0 Å². The number of rotatable bonds is 1. The van der Waals surface area contributed by atoms with Crippen LogP contribution in [0.4, 0.5) is 0 Å². The Morgan fingerprint density at radius 2 is 1.53 bits per heavy atom. The molecule has 2 bridgehead atoms. The Morgan fingerprint density at radius 1 is 0.895 bits per heavy atom. The first kappa shape index (κ1) is 10.7. The zero-order valence-electron chi connectivity index (χ0n) is 12.1. The van der Waals surface area contributed by atoms with E-state index in [2.05, 4.69) is 63.3 Å². The van der Waals surface area contributed by atoms with E-state index in [1.807, 2.05) is 0 Å². The van der Waals surface area contributed by atoms with Gasteiger partial charge in [-0.2, -0.15) is 0 Å². The molecule has 1 aromatic rings. The lowest BCUT2D eigenvalue weighted by atomic mass is 9.52. The summed E-state index contributed by atoms with van der Waals surface area (Å²) in [5, 5.41) is 0. The molecule has 0 heteroatoms. The highest BCUT2D eigenvalue weighted by atomic mass is 15.0. The average Bonchev–Trinajstić information content (AvgIpc) is 2.84. The van der Waals surface area contributed by atoms with E-state index in [4.69, 9.17) is 0 Å². The number of fused-ring (bicyclic) bond motifs is 8. The molecular formula is C19H22. The monoisotopic (exact) mass is 250 g/mol. The van der Waals surface area contributed by atoms with E-state index in [0.29, 0.717) is 16.2 Å². The summed E-state index contributed by atoms with van der Waals surface area (Å²) in [6.45, 7) is 7.63. The van der Waals surface area contributed by atoms with Crippen molar-refractivity contribution in [3.05, 3.63) is 48.0 Å². The topological polar surface area (TPSA) is 0 Å². The molecule has 0 amide bonds. The van der Waals surface area contributed by atoms with E-state index in [1.165, 1.54) is 6.42 Å². The van der Waals surface area contributed by atoms with E-state index in [9.17, 15) is 0 Å². The van der Waals surface area contributed by atoms with Gasteiger partial charge in [0.2, 0.25) is 0 Å². The molecule has 3 fully saturated rings. The number of benzene rings is 1. The molecule has 0 nitrogen and oxygen atoms in total. The molecule has 0 aliphatic heterocycles. The van der Waals surface area contributed by atoms with Gasteiger partial charge in [-0.1, -0.05) is 63.3 Å². The minimum Gasteiger partial charge on any atom is -0.0848 e. The maximum absolute atomic E-state index is 2.58. The first-order chi connectivity index (χ1) is 9.07. The summed E-state index contributed by atoms with van der Waals surface area (Å²) in [4.78, 5) is 0. The smallest absolute Gasteiger partial charge is 0.0109 e. The van der Waals surface area contributed by atoms with Crippen LogP contribution in [-0.2, 0) is 5.41 Å². The lowest BCUT2D eigenvalue weighted by Gasteiger charge is -2.51. The first-order valence-electron chi connectivity index (χ1n) is 7.80. The summed E-state index contributed by atoms with van der Waals surface area (Å²) in [6.07, 6.45) is 6.50.